The molecule has 1 aliphatic heterocycles. The Kier molecular flexibility index (Phi) is 4.53. The number of hydrogen-bond acceptors (Lipinski definition) is 4. The Labute approximate surface area is 154 Å². The Morgan fingerprint density at radius 1 is 1.04 bits per heavy atom. The van der Waals surface area contributed by atoms with Crippen LogP contribution in [0.25, 0.3) is 11.4 Å². The van der Waals surface area contributed by atoms with Gasteiger partial charge in [0.1, 0.15) is 0 Å². The Balaban J connectivity index is 1.51. The zero-order chi connectivity index (χ0) is 19.0. The number of nitrogens with zero attached hydrogens (tertiary/aromatic N) is 3. The predicted molar refractivity (Wildman–Crippen MR) is 96.0 cm³/mol. The van der Waals surface area contributed by atoms with Crippen molar-refractivity contribution in [3.05, 3.63) is 76.9 Å². The van der Waals surface area contributed by atoms with Gasteiger partial charge in [-0.15, -0.1) is 0 Å². The fourth-order valence-electron chi connectivity index (χ4n) is 3.24. The lowest BCUT2D eigenvalue weighted by Gasteiger charge is -2.28. The van der Waals surface area contributed by atoms with E-state index in [0.29, 0.717) is 43.1 Å². The third-order valence-corrected chi connectivity index (χ3v) is 4.63. The largest absolute Gasteiger partial charge is 0.399 e. The van der Waals surface area contributed by atoms with Crippen LogP contribution in [0.4, 0.5) is 18.9 Å². The van der Waals surface area contributed by atoms with E-state index in [1.807, 2.05) is 17.0 Å². The van der Waals surface area contributed by atoms with Crippen molar-refractivity contribution >= 4 is 5.69 Å². The highest BCUT2D eigenvalue weighted by molar-refractivity contribution is 5.58. The zero-order valence-corrected chi connectivity index (χ0v) is 14.4. The molecule has 0 saturated heterocycles. The molecule has 27 heavy (non-hydrogen) atoms. The summed E-state index contributed by atoms with van der Waals surface area (Å²) >= 11 is 0. The number of rotatable bonds is 3. The molecular formula is C20H17F3N4. The summed E-state index contributed by atoms with van der Waals surface area (Å²) in [6.07, 6.45) is 2.48. The number of aromatic nitrogens is 2. The van der Waals surface area contributed by atoms with Crippen molar-refractivity contribution in [1.82, 2.24) is 14.9 Å². The van der Waals surface area contributed by atoms with Crippen LogP contribution in [0.5, 0.6) is 0 Å². The topological polar surface area (TPSA) is 55.0 Å². The molecule has 0 radical (unpaired) electrons. The minimum Gasteiger partial charge on any atom is -0.399 e. The molecule has 3 aromatic rings. The summed E-state index contributed by atoms with van der Waals surface area (Å²) < 4.78 is 39.9. The number of nitrogen functional groups attached to an aromatic ring is 1. The van der Waals surface area contributed by atoms with Gasteiger partial charge in [0.05, 0.1) is 5.69 Å². The van der Waals surface area contributed by atoms with Crippen LogP contribution in [0.15, 0.2) is 42.6 Å². The Morgan fingerprint density at radius 2 is 1.74 bits per heavy atom. The highest BCUT2D eigenvalue weighted by Gasteiger charge is 2.20. The maximum absolute atomic E-state index is 13.4. The molecule has 4 rings (SSSR count). The summed E-state index contributed by atoms with van der Waals surface area (Å²) in [4.78, 5) is 11.1. The van der Waals surface area contributed by atoms with E-state index in [0.717, 1.165) is 29.0 Å². The van der Waals surface area contributed by atoms with Gasteiger partial charge in [0.25, 0.3) is 0 Å². The van der Waals surface area contributed by atoms with E-state index in [4.69, 9.17) is 5.73 Å². The van der Waals surface area contributed by atoms with Gasteiger partial charge in [-0.05, 0) is 42.0 Å². The fourth-order valence-corrected chi connectivity index (χ4v) is 3.24. The lowest BCUT2D eigenvalue weighted by atomic mass is 10.1. The van der Waals surface area contributed by atoms with Crippen molar-refractivity contribution < 1.29 is 13.2 Å². The van der Waals surface area contributed by atoms with Crippen LogP contribution in [0.1, 0.15) is 16.8 Å². The smallest absolute Gasteiger partial charge is 0.194 e. The first-order chi connectivity index (χ1) is 13.0. The van der Waals surface area contributed by atoms with Crippen molar-refractivity contribution in [1.29, 1.82) is 0 Å². The van der Waals surface area contributed by atoms with Crippen LogP contribution in [-0.2, 0) is 19.5 Å². The average Bonchev–Trinajstić information content (AvgIpc) is 2.66. The van der Waals surface area contributed by atoms with Gasteiger partial charge in [-0.25, -0.2) is 23.1 Å². The highest BCUT2D eigenvalue weighted by atomic mass is 19.2. The molecule has 2 aromatic carbocycles. The van der Waals surface area contributed by atoms with Crippen LogP contribution in [0.3, 0.4) is 0 Å². The van der Waals surface area contributed by atoms with Gasteiger partial charge in [-0.2, -0.15) is 0 Å². The summed E-state index contributed by atoms with van der Waals surface area (Å²) in [6.45, 7) is 1.58. The molecule has 0 amide bonds. The molecule has 1 aliphatic rings. The first kappa shape index (κ1) is 17.5. The minimum atomic E-state index is -1.44. The molecule has 0 aliphatic carbocycles. The molecule has 138 valence electrons. The van der Waals surface area contributed by atoms with Gasteiger partial charge in [0.2, 0.25) is 0 Å². The van der Waals surface area contributed by atoms with E-state index >= 15 is 0 Å². The van der Waals surface area contributed by atoms with Crippen LogP contribution >= 0.6 is 0 Å². The molecule has 0 saturated carbocycles. The number of nitrogens with two attached hydrogens (primary N) is 1. The summed E-state index contributed by atoms with van der Waals surface area (Å²) in [5, 5.41) is 0. The molecular weight excluding hydrogens is 353 g/mol. The van der Waals surface area contributed by atoms with E-state index in [-0.39, 0.29) is 0 Å². The predicted octanol–water partition coefficient (Wildman–Crippen LogP) is 3.70. The zero-order valence-electron chi connectivity index (χ0n) is 14.4. The van der Waals surface area contributed by atoms with Gasteiger partial charge in [0, 0.05) is 49.1 Å². The second-order valence-corrected chi connectivity index (χ2v) is 6.62. The van der Waals surface area contributed by atoms with Crippen LogP contribution in [0.2, 0.25) is 0 Å². The molecule has 7 heteroatoms. The molecule has 2 heterocycles. The van der Waals surface area contributed by atoms with Gasteiger partial charge >= 0.3 is 0 Å². The molecule has 0 atom stereocenters. The molecule has 0 fully saturated rings. The highest BCUT2D eigenvalue weighted by Crippen LogP contribution is 2.23. The molecule has 0 unspecified atom stereocenters. The van der Waals surface area contributed by atoms with E-state index in [9.17, 15) is 13.2 Å². The number of hydrogen-bond donors (Lipinski definition) is 1. The maximum atomic E-state index is 13.4. The quantitative estimate of drug-likeness (QED) is 0.564. The van der Waals surface area contributed by atoms with Crippen molar-refractivity contribution in [2.75, 3.05) is 12.3 Å². The minimum absolute atomic E-state index is 0.327. The normalized spacial score (nSPS) is 14.2. The number of fused-ring (bicyclic) bond motifs is 1. The molecule has 4 nitrogen and oxygen atoms in total. The van der Waals surface area contributed by atoms with Crippen LogP contribution < -0.4 is 5.73 Å². The van der Waals surface area contributed by atoms with E-state index in [2.05, 4.69) is 9.97 Å². The number of anilines is 1. The first-order valence-electron chi connectivity index (χ1n) is 8.56. The third-order valence-electron chi connectivity index (χ3n) is 4.63. The van der Waals surface area contributed by atoms with Gasteiger partial charge < -0.3 is 5.73 Å². The van der Waals surface area contributed by atoms with Crippen LogP contribution in [-0.4, -0.2) is 21.4 Å². The monoisotopic (exact) mass is 370 g/mol. The Morgan fingerprint density at radius 3 is 2.44 bits per heavy atom. The molecule has 2 N–H and O–H groups in total. The molecule has 0 spiro atoms. The van der Waals surface area contributed by atoms with Crippen LogP contribution in [0, 0.1) is 17.5 Å². The second-order valence-electron chi connectivity index (χ2n) is 6.62. The fraction of sp³-hybridized carbons (Fsp3) is 0.200. The van der Waals surface area contributed by atoms with Crippen molar-refractivity contribution in [2.24, 2.45) is 0 Å². The van der Waals surface area contributed by atoms with Gasteiger partial charge in [-0.3, -0.25) is 4.90 Å². The van der Waals surface area contributed by atoms with Crippen molar-refractivity contribution in [2.45, 2.75) is 19.5 Å². The Hall–Kier alpha value is -2.93. The lowest BCUT2D eigenvalue weighted by molar-refractivity contribution is 0.242. The molecule has 1 aromatic heterocycles. The van der Waals surface area contributed by atoms with Gasteiger partial charge in [-0.1, -0.05) is 0 Å². The first-order valence-corrected chi connectivity index (χ1v) is 8.56. The van der Waals surface area contributed by atoms with E-state index < -0.39 is 17.5 Å². The van der Waals surface area contributed by atoms with E-state index in [1.54, 1.807) is 18.3 Å². The van der Waals surface area contributed by atoms with E-state index in [1.165, 1.54) is 0 Å². The van der Waals surface area contributed by atoms with Crippen molar-refractivity contribution in [3.8, 4) is 11.4 Å². The lowest BCUT2D eigenvalue weighted by Crippen LogP contribution is -2.31. The standard InChI is InChI=1S/C20H17F3N4/c21-16-7-12(8-17(22)19(16)23)10-27-6-5-18-14(11-27)9-25-20(26-18)13-1-3-15(24)4-2-13/h1-4,7-9H,5-6,10-11,24H2. The number of halogens is 3. The summed E-state index contributed by atoms with van der Waals surface area (Å²) in [7, 11) is 0. The molecule has 0 bridgehead atoms. The average molecular weight is 370 g/mol. The maximum Gasteiger partial charge on any atom is 0.194 e. The van der Waals surface area contributed by atoms with Crippen molar-refractivity contribution in [3.63, 3.8) is 0 Å². The second kappa shape index (κ2) is 7.00. The number of benzene rings is 2. The SMILES string of the molecule is Nc1ccc(-c2ncc3c(n2)CCN(Cc2cc(F)c(F)c(F)c2)C3)cc1. The summed E-state index contributed by atoms with van der Waals surface area (Å²) in [6, 6.07) is 9.44. The van der Waals surface area contributed by atoms with Gasteiger partial charge in [0.15, 0.2) is 23.3 Å². The Bertz CT molecular complexity index is 966. The summed E-state index contributed by atoms with van der Waals surface area (Å²) in [5.41, 5.74) is 9.62. The third kappa shape index (κ3) is 3.64. The summed E-state index contributed by atoms with van der Waals surface area (Å²) in [5.74, 6) is -3.13.